The number of hydrogen-bond acceptors (Lipinski definition) is 4. The molecule has 134 valence electrons. The monoisotopic (exact) mass is 377 g/mol. The molecule has 0 amide bonds. The highest BCUT2D eigenvalue weighted by atomic mass is 35.5. The van der Waals surface area contributed by atoms with E-state index in [1.54, 1.807) is 30.0 Å². The molecule has 4 aromatic rings. The van der Waals surface area contributed by atoms with Crippen LogP contribution in [-0.2, 0) is 11.3 Å². The first-order valence-corrected chi connectivity index (χ1v) is 8.19. The summed E-state index contributed by atoms with van der Waals surface area (Å²) < 4.78 is 34.6. The zero-order valence-corrected chi connectivity index (χ0v) is 14.4. The summed E-state index contributed by atoms with van der Waals surface area (Å²) in [5, 5.41) is 3.47. The van der Waals surface area contributed by atoms with E-state index in [1.165, 1.54) is 6.07 Å². The van der Waals surface area contributed by atoms with Gasteiger partial charge < -0.3 is 19.6 Å². The lowest BCUT2D eigenvalue weighted by molar-refractivity contribution is 0.189. The molecule has 0 atom stereocenters. The Morgan fingerprint density at radius 2 is 2.08 bits per heavy atom. The molecular weight excluding hydrogens is 364 g/mol. The Hall–Kier alpha value is -2.71. The van der Waals surface area contributed by atoms with Gasteiger partial charge in [-0.2, -0.15) is 0 Å². The number of anilines is 2. The maximum absolute atomic E-state index is 14.1. The van der Waals surface area contributed by atoms with Crippen LogP contribution in [0, 0.1) is 11.6 Å². The Morgan fingerprint density at radius 1 is 1.23 bits per heavy atom. The summed E-state index contributed by atoms with van der Waals surface area (Å²) in [5.74, 6) is -1.04. The number of methoxy groups -OCH3 is 1. The van der Waals surface area contributed by atoms with Gasteiger partial charge in [-0.15, -0.1) is 0 Å². The van der Waals surface area contributed by atoms with Gasteiger partial charge in [0, 0.05) is 32.0 Å². The average Bonchev–Trinajstić information content (AvgIpc) is 3.15. The zero-order chi connectivity index (χ0) is 18.3. The number of rotatable bonds is 5. The van der Waals surface area contributed by atoms with E-state index in [0.717, 1.165) is 11.6 Å². The van der Waals surface area contributed by atoms with Gasteiger partial charge in [0.05, 0.1) is 23.3 Å². The molecule has 0 aliphatic carbocycles. The number of aromatic amines is 1. The van der Waals surface area contributed by atoms with Gasteiger partial charge in [0.15, 0.2) is 5.82 Å². The Balaban J connectivity index is 1.84. The highest BCUT2D eigenvalue weighted by Crippen LogP contribution is 2.29. The lowest BCUT2D eigenvalue weighted by Crippen LogP contribution is -2.08. The van der Waals surface area contributed by atoms with E-state index in [0.29, 0.717) is 41.0 Å². The smallest absolute Gasteiger partial charge is 0.208 e. The molecule has 3 aromatic heterocycles. The van der Waals surface area contributed by atoms with E-state index in [9.17, 15) is 8.78 Å². The second-order valence-electron chi connectivity index (χ2n) is 5.69. The van der Waals surface area contributed by atoms with Crippen molar-refractivity contribution in [1.82, 2.24) is 19.5 Å². The fourth-order valence-electron chi connectivity index (χ4n) is 2.84. The van der Waals surface area contributed by atoms with Crippen LogP contribution in [0.5, 0.6) is 0 Å². The second kappa shape index (κ2) is 6.54. The number of H-pyrrole nitrogens is 1. The first kappa shape index (κ1) is 16.7. The number of nitrogens with zero attached hydrogens (tertiary/aromatic N) is 3. The molecule has 0 aliphatic rings. The Bertz CT molecular complexity index is 1110. The Labute approximate surface area is 151 Å². The molecule has 1 aromatic carbocycles. The van der Waals surface area contributed by atoms with E-state index in [1.807, 2.05) is 0 Å². The fourth-order valence-corrected chi connectivity index (χ4v) is 2.99. The van der Waals surface area contributed by atoms with Crippen molar-refractivity contribution in [2.24, 2.45) is 0 Å². The highest BCUT2D eigenvalue weighted by Gasteiger charge is 2.17. The maximum atomic E-state index is 14.1. The summed E-state index contributed by atoms with van der Waals surface area (Å²) in [6, 6.07) is 5.54. The van der Waals surface area contributed by atoms with Crippen molar-refractivity contribution < 1.29 is 13.5 Å². The minimum absolute atomic E-state index is 0.0795. The van der Waals surface area contributed by atoms with Crippen LogP contribution < -0.4 is 5.32 Å². The predicted molar refractivity (Wildman–Crippen MR) is 95.9 cm³/mol. The molecule has 0 saturated heterocycles. The SMILES string of the molecule is COCCn1c(Nc2c[nH]c3ccc(Cl)nc23)nc2c(F)cc(F)cc21. The maximum Gasteiger partial charge on any atom is 0.208 e. The van der Waals surface area contributed by atoms with Crippen LogP contribution in [0.25, 0.3) is 22.1 Å². The molecular formula is C17H14ClF2N5O. The van der Waals surface area contributed by atoms with Crippen molar-refractivity contribution in [3.8, 4) is 0 Å². The van der Waals surface area contributed by atoms with Crippen LogP contribution in [0.15, 0.2) is 30.5 Å². The molecule has 3 heterocycles. The predicted octanol–water partition coefficient (Wildman–Crippen LogP) is 4.23. The van der Waals surface area contributed by atoms with Crippen molar-refractivity contribution in [3.05, 3.63) is 47.2 Å². The van der Waals surface area contributed by atoms with Crippen LogP contribution in [0.2, 0.25) is 5.15 Å². The molecule has 26 heavy (non-hydrogen) atoms. The van der Waals surface area contributed by atoms with Gasteiger partial charge in [0.1, 0.15) is 22.0 Å². The summed E-state index contributed by atoms with van der Waals surface area (Å²) in [5.41, 5.74) is 2.45. The summed E-state index contributed by atoms with van der Waals surface area (Å²) in [7, 11) is 1.55. The standard InChI is InChI=1S/C17H14ClF2N5O/c1-26-5-4-25-13-7-9(19)6-10(20)15(13)24-17(25)22-12-8-21-11-2-3-14(18)23-16(11)12/h2-3,6-8,21H,4-5H2,1H3,(H,22,24). The van der Waals surface area contributed by atoms with E-state index in [-0.39, 0.29) is 5.52 Å². The average molecular weight is 378 g/mol. The minimum atomic E-state index is -0.723. The molecule has 9 heteroatoms. The molecule has 4 rings (SSSR count). The van der Waals surface area contributed by atoms with Gasteiger partial charge in [-0.3, -0.25) is 0 Å². The normalized spacial score (nSPS) is 11.5. The van der Waals surface area contributed by atoms with Crippen molar-refractivity contribution in [2.75, 3.05) is 19.0 Å². The van der Waals surface area contributed by atoms with Gasteiger partial charge in [0.25, 0.3) is 0 Å². The molecule has 0 fully saturated rings. The van der Waals surface area contributed by atoms with Gasteiger partial charge in [0.2, 0.25) is 5.95 Å². The van der Waals surface area contributed by atoms with Crippen molar-refractivity contribution in [2.45, 2.75) is 6.54 Å². The van der Waals surface area contributed by atoms with Gasteiger partial charge in [-0.05, 0) is 12.1 Å². The highest BCUT2D eigenvalue weighted by molar-refractivity contribution is 6.29. The van der Waals surface area contributed by atoms with E-state index in [2.05, 4.69) is 20.3 Å². The third-order valence-electron chi connectivity index (χ3n) is 4.03. The van der Waals surface area contributed by atoms with Gasteiger partial charge >= 0.3 is 0 Å². The zero-order valence-electron chi connectivity index (χ0n) is 13.7. The number of imidazole rings is 1. The van der Waals surface area contributed by atoms with E-state index < -0.39 is 11.6 Å². The lowest BCUT2D eigenvalue weighted by atomic mass is 10.3. The fraction of sp³-hybridized carbons (Fsp3) is 0.176. The lowest BCUT2D eigenvalue weighted by Gasteiger charge is -2.09. The Morgan fingerprint density at radius 3 is 2.88 bits per heavy atom. The van der Waals surface area contributed by atoms with Crippen LogP contribution in [-0.4, -0.2) is 33.2 Å². The summed E-state index contributed by atoms with van der Waals surface area (Å²) in [6.45, 7) is 0.727. The Kier molecular flexibility index (Phi) is 4.21. The first-order valence-electron chi connectivity index (χ1n) is 7.81. The quantitative estimate of drug-likeness (QED) is 0.511. The molecule has 0 radical (unpaired) electrons. The summed E-state index contributed by atoms with van der Waals surface area (Å²) in [6.07, 6.45) is 1.71. The third-order valence-corrected chi connectivity index (χ3v) is 4.24. The van der Waals surface area contributed by atoms with Crippen molar-refractivity contribution in [3.63, 3.8) is 0 Å². The molecule has 6 nitrogen and oxygen atoms in total. The number of benzene rings is 1. The number of fused-ring (bicyclic) bond motifs is 2. The third kappa shape index (κ3) is 2.87. The number of nitrogens with one attached hydrogen (secondary N) is 2. The van der Waals surface area contributed by atoms with Crippen molar-refractivity contribution >= 4 is 45.3 Å². The number of ether oxygens (including phenoxy) is 1. The van der Waals surface area contributed by atoms with Crippen LogP contribution in [0.1, 0.15) is 0 Å². The van der Waals surface area contributed by atoms with Crippen LogP contribution in [0.3, 0.4) is 0 Å². The number of aromatic nitrogens is 4. The van der Waals surface area contributed by atoms with E-state index >= 15 is 0 Å². The molecule has 0 spiro atoms. The van der Waals surface area contributed by atoms with Gasteiger partial charge in [-0.1, -0.05) is 11.6 Å². The number of halogens is 3. The van der Waals surface area contributed by atoms with Gasteiger partial charge in [-0.25, -0.2) is 18.7 Å². The largest absolute Gasteiger partial charge is 0.383 e. The number of pyridine rings is 1. The summed E-state index contributed by atoms with van der Waals surface area (Å²) >= 11 is 5.97. The number of hydrogen-bond donors (Lipinski definition) is 2. The molecule has 0 unspecified atom stereocenters. The summed E-state index contributed by atoms with van der Waals surface area (Å²) in [4.78, 5) is 11.6. The second-order valence-corrected chi connectivity index (χ2v) is 6.08. The molecule has 0 bridgehead atoms. The molecule has 2 N–H and O–H groups in total. The van der Waals surface area contributed by atoms with Crippen molar-refractivity contribution in [1.29, 1.82) is 0 Å². The topological polar surface area (TPSA) is 67.8 Å². The minimum Gasteiger partial charge on any atom is -0.383 e. The first-order chi connectivity index (χ1) is 12.6. The van der Waals surface area contributed by atoms with Crippen LogP contribution in [0.4, 0.5) is 20.4 Å². The van der Waals surface area contributed by atoms with Crippen LogP contribution >= 0.6 is 11.6 Å². The molecule has 0 aliphatic heterocycles. The van der Waals surface area contributed by atoms with E-state index in [4.69, 9.17) is 16.3 Å². The molecule has 0 saturated carbocycles.